The maximum atomic E-state index is 11.1. The summed E-state index contributed by atoms with van der Waals surface area (Å²) in [6.07, 6.45) is 5.32. The topological polar surface area (TPSA) is 69.2 Å². The van der Waals surface area contributed by atoms with Gasteiger partial charge in [-0.05, 0) is 37.1 Å². The summed E-state index contributed by atoms with van der Waals surface area (Å²) in [4.78, 5) is 10.8. The van der Waals surface area contributed by atoms with E-state index in [1.807, 2.05) is 12.1 Å². The molecule has 0 bridgehead atoms. The molecule has 4 heteroatoms. The molecule has 2 atom stereocenters. The van der Waals surface area contributed by atoms with Crippen molar-refractivity contribution in [2.45, 2.75) is 39.0 Å². The van der Waals surface area contributed by atoms with E-state index >= 15 is 0 Å². The minimum absolute atomic E-state index is 0.0454. The first-order valence-electron chi connectivity index (χ1n) is 6.99. The molecule has 0 amide bonds. The highest BCUT2D eigenvalue weighted by Crippen LogP contribution is 2.42. The van der Waals surface area contributed by atoms with Crippen molar-refractivity contribution in [3.8, 4) is 0 Å². The number of nitro benzene ring substituents is 1. The van der Waals surface area contributed by atoms with E-state index in [1.54, 1.807) is 12.1 Å². The van der Waals surface area contributed by atoms with Gasteiger partial charge in [0, 0.05) is 11.6 Å². The summed E-state index contributed by atoms with van der Waals surface area (Å²) < 4.78 is 0. The van der Waals surface area contributed by atoms with Gasteiger partial charge < -0.3 is 5.73 Å². The number of rotatable bonds is 4. The van der Waals surface area contributed by atoms with Crippen LogP contribution in [0, 0.1) is 21.4 Å². The molecular formula is C15H22N2O2. The summed E-state index contributed by atoms with van der Waals surface area (Å²) in [7, 11) is 0. The Balaban J connectivity index is 2.25. The Morgan fingerprint density at radius 2 is 2.21 bits per heavy atom. The minimum Gasteiger partial charge on any atom is -0.330 e. The zero-order valence-electron chi connectivity index (χ0n) is 11.5. The van der Waals surface area contributed by atoms with Crippen molar-refractivity contribution in [1.29, 1.82) is 0 Å². The highest BCUT2D eigenvalue weighted by molar-refractivity contribution is 5.40. The fourth-order valence-corrected chi connectivity index (χ4v) is 3.43. The molecule has 1 aliphatic rings. The molecule has 1 fully saturated rings. The molecule has 1 aliphatic carbocycles. The van der Waals surface area contributed by atoms with Gasteiger partial charge in [-0.1, -0.05) is 38.0 Å². The van der Waals surface area contributed by atoms with E-state index in [1.165, 1.54) is 12.8 Å². The molecule has 19 heavy (non-hydrogen) atoms. The van der Waals surface area contributed by atoms with Crippen LogP contribution in [-0.4, -0.2) is 11.5 Å². The minimum atomic E-state index is -0.286. The summed E-state index contributed by atoms with van der Waals surface area (Å²) in [6, 6.07) is 7.06. The average molecular weight is 262 g/mol. The zero-order valence-corrected chi connectivity index (χ0v) is 11.5. The molecule has 0 saturated heterocycles. The van der Waals surface area contributed by atoms with E-state index in [0.717, 1.165) is 24.8 Å². The third-order valence-electron chi connectivity index (χ3n) is 4.37. The van der Waals surface area contributed by atoms with E-state index in [0.29, 0.717) is 12.5 Å². The largest absolute Gasteiger partial charge is 0.330 e. The number of nitrogens with two attached hydrogens (primary N) is 1. The van der Waals surface area contributed by atoms with Gasteiger partial charge >= 0.3 is 0 Å². The van der Waals surface area contributed by atoms with Crippen molar-refractivity contribution in [2.24, 2.45) is 17.1 Å². The van der Waals surface area contributed by atoms with Crippen molar-refractivity contribution < 1.29 is 4.92 Å². The number of para-hydroxylation sites is 1. The Kier molecular flexibility index (Phi) is 4.20. The molecule has 0 aliphatic heterocycles. The summed E-state index contributed by atoms with van der Waals surface area (Å²) in [5.74, 6) is 0.667. The van der Waals surface area contributed by atoms with Gasteiger partial charge in [0.2, 0.25) is 0 Å². The van der Waals surface area contributed by atoms with Crippen molar-refractivity contribution >= 4 is 5.69 Å². The van der Waals surface area contributed by atoms with Crippen LogP contribution in [0.25, 0.3) is 0 Å². The van der Waals surface area contributed by atoms with Crippen LogP contribution in [0.3, 0.4) is 0 Å². The van der Waals surface area contributed by atoms with E-state index in [4.69, 9.17) is 5.73 Å². The monoisotopic (exact) mass is 262 g/mol. The first-order chi connectivity index (χ1) is 9.06. The van der Waals surface area contributed by atoms with Crippen LogP contribution < -0.4 is 5.73 Å². The summed E-state index contributed by atoms with van der Waals surface area (Å²) in [5, 5.41) is 11.1. The van der Waals surface area contributed by atoms with Crippen LogP contribution in [0.2, 0.25) is 0 Å². The Morgan fingerprint density at radius 3 is 2.84 bits per heavy atom. The van der Waals surface area contributed by atoms with Gasteiger partial charge in [-0.25, -0.2) is 0 Å². The van der Waals surface area contributed by atoms with Crippen molar-refractivity contribution in [3.05, 3.63) is 39.9 Å². The molecule has 0 heterocycles. The molecule has 104 valence electrons. The predicted octanol–water partition coefficient (Wildman–Crippen LogP) is 3.29. The fraction of sp³-hybridized carbons (Fsp3) is 0.600. The van der Waals surface area contributed by atoms with Gasteiger partial charge in [-0.15, -0.1) is 0 Å². The third kappa shape index (κ3) is 3.13. The molecule has 1 aromatic carbocycles. The predicted molar refractivity (Wildman–Crippen MR) is 75.9 cm³/mol. The van der Waals surface area contributed by atoms with Gasteiger partial charge in [-0.2, -0.15) is 0 Å². The summed E-state index contributed by atoms with van der Waals surface area (Å²) in [5.41, 5.74) is 7.11. The second kappa shape index (κ2) is 5.70. The fourth-order valence-electron chi connectivity index (χ4n) is 3.43. The lowest BCUT2D eigenvalue weighted by atomic mass is 9.67. The second-order valence-corrected chi connectivity index (χ2v) is 5.97. The lowest BCUT2D eigenvalue weighted by molar-refractivity contribution is -0.385. The van der Waals surface area contributed by atoms with Crippen LogP contribution in [0.5, 0.6) is 0 Å². The van der Waals surface area contributed by atoms with Crippen LogP contribution in [-0.2, 0) is 6.42 Å². The van der Waals surface area contributed by atoms with Gasteiger partial charge in [0.15, 0.2) is 0 Å². The van der Waals surface area contributed by atoms with Gasteiger partial charge in [0.05, 0.1) is 4.92 Å². The summed E-state index contributed by atoms with van der Waals surface area (Å²) in [6.45, 7) is 2.87. The maximum absolute atomic E-state index is 11.1. The smallest absolute Gasteiger partial charge is 0.272 e. The van der Waals surface area contributed by atoms with Gasteiger partial charge in [-0.3, -0.25) is 10.1 Å². The standard InChI is InChI=1S/C15H22N2O2/c1-12-5-4-8-15(9-12,11-16)10-13-6-2-3-7-14(13)17(18)19/h2-3,6-7,12H,4-5,8-11,16H2,1H3. The molecular weight excluding hydrogens is 240 g/mol. The lowest BCUT2D eigenvalue weighted by Crippen LogP contribution is -2.37. The lowest BCUT2D eigenvalue weighted by Gasteiger charge is -2.39. The van der Waals surface area contributed by atoms with Crippen LogP contribution in [0.15, 0.2) is 24.3 Å². The van der Waals surface area contributed by atoms with E-state index in [2.05, 4.69) is 6.92 Å². The normalized spacial score (nSPS) is 27.2. The molecule has 2 unspecified atom stereocenters. The molecule has 0 radical (unpaired) electrons. The van der Waals surface area contributed by atoms with E-state index < -0.39 is 0 Å². The van der Waals surface area contributed by atoms with Crippen molar-refractivity contribution in [2.75, 3.05) is 6.54 Å². The molecule has 2 N–H and O–H groups in total. The number of hydrogen-bond acceptors (Lipinski definition) is 3. The van der Waals surface area contributed by atoms with Gasteiger partial charge in [0.25, 0.3) is 5.69 Å². The highest BCUT2D eigenvalue weighted by Gasteiger charge is 2.35. The first-order valence-corrected chi connectivity index (χ1v) is 6.99. The molecule has 0 spiro atoms. The third-order valence-corrected chi connectivity index (χ3v) is 4.37. The number of benzene rings is 1. The Bertz CT molecular complexity index is 461. The number of nitrogens with zero attached hydrogens (tertiary/aromatic N) is 1. The highest BCUT2D eigenvalue weighted by atomic mass is 16.6. The number of hydrogen-bond donors (Lipinski definition) is 1. The van der Waals surface area contributed by atoms with Crippen molar-refractivity contribution in [1.82, 2.24) is 0 Å². The van der Waals surface area contributed by atoms with Crippen LogP contribution in [0.1, 0.15) is 38.2 Å². The molecule has 2 rings (SSSR count). The first kappa shape index (κ1) is 14.0. The average Bonchev–Trinajstić information content (AvgIpc) is 2.39. The quantitative estimate of drug-likeness (QED) is 0.668. The molecule has 4 nitrogen and oxygen atoms in total. The van der Waals surface area contributed by atoms with E-state index in [-0.39, 0.29) is 16.0 Å². The molecule has 0 aromatic heterocycles. The summed E-state index contributed by atoms with van der Waals surface area (Å²) >= 11 is 0. The van der Waals surface area contributed by atoms with Gasteiger partial charge in [0.1, 0.15) is 0 Å². The molecule has 1 aromatic rings. The Labute approximate surface area is 114 Å². The van der Waals surface area contributed by atoms with Crippen molar-refractivity contribution in [3.63, 3.8) is 0 Å². The Hall–Kier alpha value is -1.42. The maximum Gasteiger partial charge on any atom is 0.272 e. The van der Waals surface area contributed by atoms with Crippen LogP contribution in [0.4, 0.5) is 5.69 Å². The second-order valence-electron chi connectivity index (χ2n) is 5.97. The van der Waals surface area contributed by atoms with Crippen LogP contribution >= 0.6 is 0 Å². The SMILES string of the molecule is CC1CCCC(CN)(Cc2ccccc2[N+](=O)[O-])C1. The molecule has 1 saturated carbocycles. The Morgan fingerprint density at radius 1 is 1.47 bits per heavy atom. The van der Waals surface area contributed by atoms with E-state index in [9.17, 15) is 10.1 Å². The number of nitro groups is 1. The zero-order chi connectivity index (χ0) is 13.9.